The molecule has 0 fully saturated rings. The van der Waals surface area contributed by atoms with Gasteiger partial charge in [0.05, 0.1) is 22.8 Å². The Bertz CT molecular complexity index is 1260. The van der Waals surface area contributed by atoms with E-state index in [4.69, 9.17) is 4.98 Å². The van der Waals surface area contributed by atoms with E-state index < -0.39 is 0 Å². The molecule has 5 heteroatoms. The highest BCUT2D eigenvalue weighted by molar-refractivity contribution is 5.69. The molecule has 0 atom stereocenters. The molecule has 0 saturated carbocycles. The molecule has 4 rings (SSSR count). The van der Waals surface area contributed by atoms with Crippen molar-refractivity contribution in [2.24, 2.45) is 0 Å². The maximum atomic E-state index is 4.70. The van der Waals surface area contributed by atoms with E-state index in [1.54, 1.807) is 0 Å². The third kappa shape index (κ3) is 3.70. The van der Waals surface area contributed by atoms with Crippen molar-refractivity contribution in [1.29, 1.82) is 0 Å². The number of nitrogens with zero attached hydrogens (tertiary/aromatic N) is 3. The second kappa shape index (κ2) is 7.52. The Hall–Kier alpha value is -3.86. The second-order valence-electron chi connectivity index (χ2n) is 7.58. The number of benzene rings is 1. The Kier molecular flexibility index (Phi) is 4.88. The molecular weight excluding hydrogens is 370 g/mol. The summed E-state index contributed by atoms with van der Waals surface area (Å²) >= 11 is 0. The van der Waals surface area contributed by atoms with Gasteiger partial charge in [-0.15, -0.1) is 0 Å². The molecule has 2 heterocycles. The monoisotopic (exact) mass is 395 g/mol. The van der Waals surface area contributed by atoms with Crippen molar-refractivity contribution in [1.82, 2.24) is 19.9 Å². The second-order valence-corrected chi connectivity index (χ2v) is 7.58. The number of allylic oxidation sites excluding steroid dienone is 3. The van der Waals surface area contributed by atoms with E-state index in [1.165, 1.54) is 0 Å². The molecule has 3 aromatic rings. The van der Waals surface area contributed by atoms with Crippen molar-refractivity contribution in [2.75, 3.05) is 5.32 Å². The molecule has 1 aliphatic carbocycles. The first kappa shape index (κ1) is 19.5. The van der Waals surface area contributed by atoms with Crippen molar-refractivity contribution in [3.05, 3.63) is 108 Å². The summed E-state index contributed by atoms with van der Waals surface area (Å²) < 4.78 is 1.82. The number of aryl methyl sites for hydroxylation is 1. The molecule has 30 heavy (non-hydrogen) atoms. The fourth-order valence-electron chi connectivity index (χ4n) is 3.32. The van der Waals surface area contributed by atoms with Crippen LogP contribution in [0.4, 0.5) is 5.69 Å². The predicted octanol–water partition coefficient (Wildman–Crippen LogP) is 5.25. The molecule has 1 aliphatic rings. The summed E-state index contributed by atoms with van der Waals surface area (Å²) in [5, 5.41) is 11.3. The van der Waals surface area contributed by atoms with Gasteiger partial charge in [-0.1, -0.05) is 38.4 Å². The number of rotatable bonds is 7. The normalized spacial score (nSPS) is 13.1. The standard InChI is InChI=1S/C25H25N5/c1-15(2)24-13-23(28-25-11-17(4)29-30(24)25)19(6)26-14-20-8-7-9-21(12-20)27-22-10-16(3)18(22)5/h7-13,26-27H,1,3,5-6,14H2,2,4H3. The van der Waals surface area contributed by atoms with Crippen LogP contribution in [-0.4, -0.2) is 14.6 Å². The first-order valence-corrected chi connectivity index (χ1v) is 9.74. The van der Waals surface area contributed by atoms with Crippen LogP contribution in [-0.2, 0) is 6.54 Å². The molecule has 5 nitrogen and oxygen atoms in total. The van der Waals surface area contributed by atoms with Crippen molar-refractivity contribution >= 4 is 22.6 Å². The van der Waals surface area contributed by atoms with Crippen LogP contribution in [0.3, 0.4) is 0 Å². The number of aromatic nitrogens is 3. The van der Waals surface area contributed by atoms with Gasteiger partial charge in [0.2, 0.25) is 0 Å². The summed E-state index contributed by atoms with van der Waals surface area (Å²) in [7, 11) is 0. The highest BCUT2D eigenvalue weighted by Gasteiger charge is 2.15. The molecule has 0 saturated heterocycles. The van der Waals surface area contributed by atoms with Crippen LogP contribution < -0.4 is 10.6 Å². The maximum absolute atomic E-state index is 4.70. The van der Waals surface area contributed by atoms with E-state index in [2.05, 4.69) is 54.2 Å². The summed E-state index contributed by atoms with van der Waals surface area (Å²) in [5.74, 6) is 0. The zero-order valence-corrected chi connectivity index (χ0v) is 17.4. The SMILES string of the molecule is C=C1C=C(Nc2cccc(CNC(=C)c3cc(C(=C)C)n4nc(C)cc4n3)c2)C1=C. The van der Waals surface area contributed by atoms with E-state index in [0.717, 1.165) is 62.1 Å². The third-order valence-electron chi connectivity index (χ3n) is 5.04. The van der Waals surface area contributed by atoms with Gasteiger partial charge >= 0.3 is 0 Å². The molecule has 1 aromatic carbocycles. The summed E-state index contributed by atoms with van der Waals surface area (Å²) in [6, 6.07) is 12.2. The predicted molar refractivity (Wildman–Crippen MR) is 125 cm³/mol. The van der Waals surface area contributed by atoms with Crippen molar-refractivity contribution in [3.8, 4) is 0 Å². The number of fused-ring (bicyclic) bond motifs is 1. The van der Waals surface area contributed by atoms with Gasteiger partial charge < -0.3 is 10.6 Å². The van der Waals surface area contributed by atoms with Gasteiger partial charge in [0.25, 0.3) is 0 Å². The topological polar surface area (TPSA) is 54.2 Å². The molecule has 150 valence electrons. The summed E-state index contributed by atoms with van der Waals surface area (Å²) in [4.78, 5) is 4.70. The van der Waals surface area contributed by atoms with Gasteiger partial charge in [-0.2, -0.15) is 5.10 Å². The highest BCUT2D eigenvalue weighted by Crippen LogP contribution is 2.30. The van der Waals surface area contributed by atoms with E-state index in [9.17, 15) is 0 Å². The van der Waals surface area contributed by atoms with E-state index in [-0.39, 0.29) is 0 Å². The van der Waals surface area contributed by atoms with Crippen molar-refractivity contribution in [2.45, 2.75) is 20.4 Å². The van der Waals surface area contributed by atoms with Gasteiger partial charge in [-0.05, 0) is 60.4 Å². The molecule has 0 spiro atoms. The van der Waals surface area contributed by atoms with Crippen molar-refractivity contribution < 1.29 is 0 Å². The van der Waals surface area contributed by atoms with Gasteiger partial charge in [-0.3, -0.25) is 0 Å². The Labute approximate surface area is 176 Å². The van der Waals surface area contributed by atoms with Crippen LogP contribution in [0, 0.1) is 6.92 Å². The lowest BCUT2D eigenvalue weighted by molar-refractivity contribution is 0.869. The zero-order chi connectivity index (χ0) is 21.4. The van der Waals surface area contributed by atoms with Crippen molar-refractivity contribution in [3.63, 3.8) is 0 Å². The quantitative estimate of drug-likeness (QED) is 0.573. The minimum absolute atomic E-state index is 0.634. The maximum Gasteiger partial charge on any atom is 0.156 e. The fourth-order valence-corrected chi connectivity index (χ4v) is 3.32. The van der Waals surface area contributed by atoms with Gasteiger partial charge in [0.15, 0.2) is 5.65 Å². The lowest BCUT2D eigenvalue weighted by Gasteiger charge is -2.22. The summed E-state index contributed by atoms with van der Waals surface area (Å²) in [5.41, 5.74) is 10.2. The highest BCUT2D eigenvalue weighted by atomic mass is 15.3. The van der Waals surface area contributed by atoms with Crippen LogP contribution in [0.1, 0.15) is 29.6 Å². The average Bonchev–Trinajstić information content (AvgIpc) is 3.10. The lowest BCUT2D eigenvalue weighted by atomic mass is 9.94. The third-order valence-corrected chi connectivity index (χ3v) is 5.04. The molecule has 0 bridgehead atoms. The van der Waals surface area contributed by atoms with E-state index in [1.807, 2.05) is 48.7 Å². The summed E-state index contributed by atoms with van der Waals surface area (Å²) in [6.07, 6.45) is 1.99. The van der Waals surface area contributed by atoms with Gasteiger partial charge in [-0.25, -0.2) is 9.50 Å². The molecule has 2 aromatic heterocycles. The number of anilines is 1. The molecule has 0 radical (unpaired) electrons. The molecular formula is C25H25N5. The Morgan fingerprint density at radius 1 is 1.13 bits per heavy atom. The van der Waals surface area contributed by atoms with Crippen LogP contribution >= 0.6 is 0 Å². The molecule has 0 aliphatic heterocycles. The first-order valence-electron chi connectivity index (χ1n) is 9.74. The smallest absolute Gasteiger partial charge is 0.156 e. The largest absolute Gasteiger partial charge is 0.380 e. The molecule has 0 unspecified atom stereocenters. The zero-order valence-electron chi connectivity index (χ0n) is 17.4. The Morgan fingerprint density at radius 2 is 1.93 bits per heavy atom. The Balaban J connectivity index is 1.49. The van der Waals surface area contributed by atoms with E-state index in [0.29, 0.717) is 6.54 Å². The summed E-state index contributed by atoms with van der Waals surface area (Å²) in [6.45, 7) is 20.7. The molecule has 2 N–H and O–H groups in total. The number of hydrogen-bond acceptors (Lipinski definition) is 4. The lowest BCUT2D eigenvalue weighted by Crippen LogP contribution is -2.14. The van der Waals surface area contributed by atoms with Crippen LogP contribution in [0.25, 0.3) is 16.9 Å². The van der Waals surface area contributed by atoms with Gasteiger partial charge in [0.1, 0.15) is 0 Å². The Morgan fingerprint density at radius 3 is 2.63 bits per heavy atom. The minimum atomic E-state index is 0.634. The van der Waals surface area contributed by atoms with Crippen LogP contribution in [0.15, 0.2) is 85.6 Å². The van der Waals surface area contributed by atoms with Crippen LogP contribution in [0.5, 0.6) is 0 Å². The van der Waals surface area contributed by atoms with Crippen LogP contribution in [0.2, 0.25) is 0 Å². The van der Waals surface area contributed by atoms with E-state index >= 15 is 0 Å². The average molecular weight is 396 g/mol. The molecule has 0 amide bonds. The number of nitrogens with one attached hydrogen (secondary N) is 2. The van der Waals surface area contributed by atoms with Gasteiger partial charge in [0, 0.05) is 24.0 Å². The first-order chi connectivity index (χ1) is 14.3. The minimum Gasteiger partial charge on any atom is -0.380 e. The fraction of sp³-hybridized carbons (Fsp3) is 0.120. The number of hydrogen-bond donors (Lipinski definition) is 2.